The van der Waals surface area contributed by atoms with Gasteiger partial charge in [0.05, 0.1) is 0 Å². The largest absolute Gasteiger partial charge is 0.381 e. The van der Waals surface area contributed by atoms with Crippen LogP contribution in [0, 0.1) is 17.0 Å². The predicted molar refractivity (Wildman–Crippen MR) is 79.4 cm³/mol. The minimum atomic E-state index is -0.725. The Hall–Kier alpha value is -1.65. The topological polar surface area (TPSA) is 32.3 Å². The van der Waals surface area contributed by atoms with E-state index in [0.29, 0.717) is 19.6 Å². The fraction of sp³-hybridized carbons (Fsp3) is 0.562. The molecule has 1 amide bonds. The Labute approximate surface area is 124 Å². The predicted octanol–water partition coefficient (Wildman–Crippen LogP) is 3.66. The second-order valence-electron chi connectivity index (χ2n) is 6.30. The second kappa shape index (κ2) is 6.00. The number of benzene rings is 1. The maximum atomic E-state index is 13.9. The lowest BCUT2D eigenvalue weighted by molar-refractivity contribution is 0.0629. The van der Waals surface area contributed by atoms with Crippen molar-refractivity contribution in [2.45, 2.75) is 33.6 Å². The lowest BCUT2D eigenvalue weighted by Crippen LogP contribution is -2.41. The van der Waals surface area contributed by atoms with Gasteiger partial charge < -0.3 is 10.2 Å². The fourth-order valence-electron chi connectivity index (χ4n) is 2.54. The van der Waals surface area contributed by atoms with Crippen molar-refractivity contribution in [2.75, 3.05) is 25.0 Å². The molecule has 2 rings (SSSR count). The smallest absolute Gasteiger partial charge is 0.254 e. The molecule has 1 N–H and O–H groups in total. The van der Waals surface area contributed by atoms with Crippen LogP contribution in [0.15, 0.2) is 12.1 Å². The molecule has 0 saturated carbocycles. The van der Waals surface area contributed by atoms with E-state index in [1.54, 1.807) is 11.8 Å². The van der Waals surface area contributed by atoms with Crippen LogP contribution in [-0.2, 0) is 0 Å². The summed E-state index contributed by atoms with van der Waals surface area (Å²) in [4.78, 5) is 14.0. The third kappa shape index (κ3) is 3.52. The number of hydrogen-bond acceptors (Lipinski definition) is 2. The van der Waals surface area contributed by atoms with Gasteiger partial charge in [-0.25, -0.2) is 8.78 Å². The van der Waals surface area contributed by atoms with Crippen molar-refractivity contribution in [3.8, 4) is 0 Å². The number of rotatable bonds is 3. The van der Waals surface area contributed by atoms with Crippen LogP contribution < -0.4 is 5.32 Å². The van der Waals surface area contributed by atoms with Crippen LogP contribution in [0.4, 0.5) is 14.5 Å². The van der Waals surface area contributed by atoms with Crippen LogP contribution in [0.3, 0.4) is 0 Å². The van der Waals surface area contributed by atoms with Gasteiger partial charge in [0.25, 0.3) is 5.91 Å². The minimum Gasteiger partial charge on any atom is -0.381 e. The molecular weight excluding hydrogens is 274 g/mol. The number of carbonyl (C=O) groups excluding carboxylic acids is 1. The summed E-state index contributed by atoms with van der Waals surface area (Å²) in [6.45, 7) is 7.77. The maximum Gasteiger partial charge on any atom is 0.254 e. The minimum absolute atomic E-state index is 0.0753. The summed E-state index contributed by atoms with van der Waals surface area (Å²) in [5.41, 5.74) is 0.127. The third-order valence-corrected chi connectivity index (χ3v) is 4.05. The zero-order chi connectivity index (χ0) is 15.6. The molecule has 1 heterocycles. The van der Waals surface area contributed by atoms with Crippen molar-refractivity contribution in [1.29, 1.82) is 0 Å². The zero-order valence-electron chi connectivity index (χ0n) is 12.8. The first kappa shape index (κ1) is 15.7. The van der Waals surface area contributed by atoms with Gasteiger partial charge in [0.15, 0.2) is 0 Å². The lowest BCUT2D eigenvalue weighted by atomic mass is 9.82. The quantitative estimate of drug-likeness (QED) is 0.923. The summed E-state index contributed by atoms with van der Waals surface area (Å²) < 4.78 is 27.8. The van der Waals surface area contributed by atoms with E-state index in [0.717, 1.165) is 25.0 Å². The molecule has 1 saturated heterocycles. The molecule has 21 heavy (non-hydrogen) atoms. The van der Waals surface area contributed by atoms with Gasteiger partial charge in [-0.15, -0.1) is 0 Å². The Bertz CT molecular complexity index is 510. The van der Waals surface area contributed by atoms with Crippen molar-refractivity contribution in [2.24, 2.45) is 5.41 Å². The zero-order valence-corrected chi connectivity index (χ0v) is 12.8. The highest BCUT2D eigenvalue weighted by Gasteiger charge is 2.29. The molecule has 0 unspecified atom stereocenters. The van der Waals surface area contributed by atoms with E-state index in [1.165, 1.54) is 0 Å². The van der Waals surface area contributed by atoms with Crippen molar-refractivity contribution in [3.63, 3.8) is 0 Å². The highest BCUT2D eigenvalue weighted by Crippen LogP contribution is 2.30. The Morgan fingerprint density at radius 3 is 2.24 bits per heavy atom. The number of hydrogen-bond donors (Lipinski definition) is 1. The van der Waals surface area contributed by atoms with Crippen molar-refractivity contribution in [1.82, 2.24) is 4.90 Å². The van der Waals surface area contributed by atoms with Gasteiger partial charge in [0.1, 0.15) is 17.3 Å². The van der Waals surface area contributed by atoms with Gasteiger partial charge in [-0.3, -0.25) is 4.79 Å². The second-order valence-corrected chi connectivity index (χ2v) is 6.30. The molecule has 0 aromatic heterocycles. The molecule has 5 heteroatoms. The highest BCUT2D eigenvalue weighted by atomic mass is 19.1. The number of carbonyl (C=O) groups is 1. The standard InChI is InChI=1S/C16H22F2N2O/c1-4-19-14-12(17)9-11(10-13(14)18)15(21)20-7-5-16(2,3)6-8-20/h9-10,19H,4-8H2,1-3H3. The average Bonchev–Trinajstić information content (AvgIpc) is 2.42. The lowest BCUT2D eigenvalue weighted by Gasteiger charge is -2.37. The van der Waals surface area contributed by atoms with E-state index < -0.39 is 11.6 Å². The third-order valence-electron chi connectivity index (χ3n) is 4.05. The van der Waals surface area contributed by atoms with Crippen LogP contribution in [0.5, 0.6) is 0 Å². The van der Waals surface area contributed by atoms with Gasteiger partial charge in [0, 0.05) is 25.2 Å². The highest BCUT2D eigenvalue weighted by molar-refractivity contribution is 5.94. The molecule has 0 atom stereocenters. The summed E-state index contributed by atoms with van der Waals surface area (Å²) in [7, 11) is 0. The van der Waals surface area contributed by atoms with Crippen LogP contribution in [0.2, 0.25) is 0 Å². The summed E-state index contributed by atoms with van der Waals surface area (Å²) in [6.07, 6.45) is 1.80. The Balaban J connectivity index is 2.17. The molecule has 1 aromatic carbocycles. The molecular formula is C16H22F2N2O. The molecule has 1 fully saturated rings. The summed E-state index contributed by atoms with van der Waals surface area (Å²) >= 11 is 0. The number of amides is 1. The van der Waals surface area contributed by atoms with Crippen molar-refractivity contribution >= 4 is 11.6 Å². The van der Waals surface area contributed by atoms with E-state index in [9.17, 15) is 13.6 Å². The number of nitrogens with zero attached hydrogens (tertiary/aromatic N) is 1. The van der Waals surface area contributed by atoms with Gasteiger partial charge in [-0.2, -0.15) is 0 Å². The van der Waals surface area contributed by atoms with Crippen LogP contribution in [0.1, 0.15) is 44.0 Å². The van der Waals surface area contributed by atoms with E-state index >= 15 is 0 Å². The van der Waals surface area contributed by atoms with E-state index in [2.05, 4.69) is 19.2 Å². The molecule has 3 nitrogen and oxygen atoms in total. The Morgan fingerprint density at radius 1 is 1.24 bits per heavy atom. The fourth-order valence-corrected chi connectivity index (χ4v) is 2.54. The molecule has 0 aliphatic carbocycles. The Morgan fingerprint density at radius 2 is 1.76 bits per heavy atom. The first-order valence-electron chi connectivity index (χ1n) is 7.36. The average molecular weight is 296 g/mol. The molecule has 1 aliphatic heterocycles. The van der Waals surface area contributed by atoms with E-state index in [4.69, 9.17) is 0 Å². The van der Waals surface area contributed by atoms with Crippen LogP contribution >= 0.6 is 0 Å². The first-order valence-corrected chi connectivity index (χ1v) is 7.36. The first-order chi connectivity index (χ1) is 9.84. The summed E-state index contributed by atoms with van der Waals surface area (Å²) in [6, 6.07) is 2.23. The SMILES string of the molecule is CCNc1c(F)cc(C(=O)N2CCC(C)(C)CC2)cc1F. The normalized spacial score (nSPS) is 17.7. The van der Waals surface area contributed by atoms with E-state index in [-0.39, 0.29) is 22.6 Å². The summed E-state index contributed by atoms with van der Waals surface area (Å²) in [5.74, 6) is -1.75. The number of anilines is 1. The van der Waals surface area contributed by atoms with Crippen LogP contribution in [-0.4, -0.2) is 30.4 Å². The molecule has 0 bridgehead atoms. The molecule has 0 radical (unpaired) electrons. The number of likely N-dealkylation sites (tertiary alicyclic amines) is 1. The Kier molecular flexibility index (Phi) is 4.49. The van der Waals surface area contributed by atoms with Crippen molar-refractivity contribution < 1.29 is 13.6 Å². The summed E-state index contributed by atoms with van der Waals surface area (Å²) in [5, 5.41) is 2.63. The van der Waals surface area contributed by atoms with Crippen LogP contribution in [0.25, 0.3) is 0 Å². The van der Waals surface area contributed by atoms with Crippen molar-refractivity contribution in [3.05, 3.63) is 29.3 Å². The number of nitrogens with one attached hydrogen (secondary N) is 1. The molecule has 1 aromatic rings. The maximum absolute atomic E-state index is 13.9. The number of piperidine rings is 1. The molecule has 1 aliphatic rings. The van der Waals surface area contributed by atoms with E-state index in [1.807, 2.05) is 0 Å². The van der Waals surface area contributed by atoms with Gasteiger partial charge >= 0.3 is 0 Å². The van der Waals surface area contributed by atoms with Gasteiger partial charge in [-0.05, 0) is 37.3 Å². The van der Waals surface area contributed by atoms with Gasteiger partial charge in [0.2, 0.25) is 0 Å². The molecule has 116 valence electrons. The molecule has 0 spiro atoms. The monoisotopic (exact) mass is 296 g/mol. The number of halogens is 2. The van der Waals surface area contributed by atoms with Gasteiger partial charge in [-0.1, -0.05) is 13.8 Å².